The lowest BCUT2D eigenvalue weighted by Crippen LogP contribution is -2.50. The molecule has 5 heteroatoms. The van der Waals surface area contributed by atoms with E-state index in [0.717, 1.165) is 32.1 Å². The van der Waals surface area contributed by atoms with Crippen molar-refractivity contribution in [1.82, 2.24) is 5.32 Å². The Balaban J connectivity index is 3.48. The van der Waals surface area contributed by atoms with Crippen molar-refractivity contribution in [3.8, 4) is 0 Å². The minimum atomic E-state index is -1.13. The maximum atomic E-state index is 12.5. The van der Waals surface area contributed by atoms with Gasteiger partial charge in [0.05, 0.1) is 18.8 Å². The van der Waals surface area contributed by atoms with E-state index in [-0.39, 0.29) is 12.5 Å². The molecule has 0 rings (SSSR count). The minimum Gasteiger partial charge on any atom is -0.394 e. The largest absolute Gasteiger partial charge is 0.394 e. The van der Waals surface area contributed by atoms with Crippen LogP contribution in [0.1, 0.15) is 290 Å². The highest BCUT2D eigenvalue weighted by Gasteiger charge is 2.26. The molecule has 0 aliphatic heterocycles. The summed E-state index contributed by atoms with van der Waals surface area (Å²) in [5, 5.41) is 33.6. The van der Waals surface area contributed by atoms with Gasteiger partial charge in [-0.25, -0.2) is 0 Å². The maximum absolute atomic E-state index is 12.5. The Morgan fingerprint density at radius 1 is 0.382 bits per heavy atom. The molecule has 0 heterocycles. The Morgan fingerprint density at radius 2 is 0.618 bits per heavy atom. The van der Waals surface area contributed by atoms with Gasteiger partial charge in [-0.2, -0.15) is 0 Å². The highest BCUT2D eigenvalue weighted by atomic mass is 16.3. The van der Waals surface area contributed by atoms with Crippen LogP contribution in [0.5, 0.6) is 0 Å². The van der Waals surface area contributed by atoms with Gasteiger partial charge in [-0.1, -0.05) is 271 Å². The fourth-order valence-corrected chi connectivity index (χ4v) is 8.28. The van der Waals surface area contributed by atoms with Gasteiger partial charge in [-0.05, 0) is 12.8 Å². The predicted octanol–water partition coefficient (Wildman–Crippen LogP) is 15.0. The van der Waals surface area contributed by atoms with Crippen molar-refractivity contribution in [1.29, 1.82) is 0 Å². The van der Waals surface area contributed by atoms with Crippen molar-refractivity contribution in [2.24, 2.45) is 0 Å². The number of rotatable bonds is 47. The maximum Gasteiger partial charge on any atom is 0.220 e. The van der Waals surface area contributed by atoms with E-state index in [2.05, 4.69) is 19.2 Å². The van der Waals surface area contributed by atoms with Gasteiger partial charge >= 0.3 is 0 Å². The Bertz CT molecular complexity index is 733. The fraction of sp³-hybridized carbons (Fsp3) is 0.980. The van der Waals surface area contributed by atoms with Gasteiger partial charge in [-0.15, -0.1) is 0 Å². The summed E-state index contributed by atoms with van der Waals surface area (Å²) in [4.78, 5) is 12.5. The Kier molecular flexibility index (Phi) is 45.5. The van der Waals surface area contributed by atoms with Crippen LogP contribution in [0.4, 0.5) is 0 Å². The highest BCUT2D eigenvalue weighted by Crippen LogP contribution is 2.18. The number of amides is 1. The van der Waals surface area contributed by atoms with Crippen LogP contribution in [0.25, 0.3) is 0 Å². The quantitative estimate of drug-likeness (QED) is 0.0463. The van der Waals surface area contributed by atoms with Crippen LogP contribution in [0.15, 0.2) is 0 Å². The van der Waals surface area contributed by atoms with Crippen LogP contribution in [-0.2, 0) is 4.79 Å². The molecule has 0 aromatic rings. The van der Waals surface area contributed by atoms with E-state index in [4.69, 9.17) is 0 Å². The van der Waals surface area contributed by atoms with Crippen molar-refractivity contribution >= 4 is 5.91 Å². The first-order valence-electron chi connectivity index (χ1n) is 25.3. The van der Waals surface area contributed by atoms with Crippen LogP contribution < -0.4 is 5.32 Å². The number of unbranched alkanes of at least 4 members (excludes halogenated alkanes) is 39. The second-order valence-corrected chi connectivity index (χ2v) is 17.7. The number of nitrogens with one attached hydrogen (secondary N) is 1. The van der Waals surface area contributed by atoms with Crippen LogP contribution in [0, 0.1) is 0 Å². The first-order chi connectivity index (χ1) is 27.1. The van der Waals surface area contributed by atoms with E-state index in [1.807, 2.05) is 0 Å². The van der Waals surface area contributed by atoms with Crippen LogP contribution in [0.3, 0.4) is 0 Å². The molecule has 0 radical (unpaired) electrons. The second kappa shape index (κ2) is 46.0. The topological polar surface area (TPSA) is 89.8 Å². The van der Waals surface area contributed by atoms with Gasteiger partial charge in [0.2, 0.25) is 5.91 Å². The third-order valence-electron chi connectivity index (χ3n) is 12.2. The zero-order valence-corrected chi connectivity index (χ0v) is 37.6. The normalized spacial score (nSPS) is 13.3. The van der Waals surface area contributed by atoms with E-state index >= 15 is 0 Å². The number of carbonyl (C=O) groups excluding carboxylic acids is 1. The Morgan fingerprint density at radius 3 is 0.873 bits per heavy atom. The lowest BCUT2D eigenvalue weighted by atomic mass is 9.99. The van der Waals surface area contributed by atoms with Gasteiger partial charge in [0.25, 0.3) is 0 Å². The molecule has 0 saturated carbocycles. The first-order valence-corrected chi connectivity index (χ1v) is 25.3. The smallest absolute Gasteiger partial charge is 0.220 e. The molecule has 330 valence electrons. The van der Waals surface area contributed by atoms with Crippen molar-refractivity contribution in [3.63, 3.8) is 0 Å². The standard InChI is InChI=1S/C50H101NO4/c1-3-5-7-9-11-13-15-17-19-20-21-22-23-24-25-26-27-28-29-30-31-33-35-37-39-41-43-45-49(54)51-47(46-52)50(55)48(53)44-42-40-38-36-34-32-18-16-14-12-10-8-6-4-2/h47-48,50,52-53,55H,3-46H2,1-2H3,(H,51,54). The molecule has 0 fully saturated rings. The summed E-state index contributed by atoms with van der Waals surface area (Å²) < 4.78 is 0. The minimum absolute atomic E-state index is 0.138. The number of aliphatic hydroxyl groups excluding tert-OH is 3. The monoisotopic (exact) mass is 780 g/mol. The Hall–Kier alpha value is -0.650. The molecule has 4 N–H and O–H groups in total. The molecular weight excluding hydrogens is 679 g/mol. The summed E-state index contributed by atoms with van der Waals surface area (Å²) in [5.74, 6) is -0.138. The third kappa shape index (κ3) is 41.3. The molecule has 55 heavy (non-hydrogen) atoms. The van der Waals surface area contributed by atoms with E-state index in [9.17, 15) is 20.1 Å². The zero-order chi connectivity index (χ0) is 40.1. The number of aliphatic hydroxyl groups is 3. The van der Waals surface area contributed by atoms with E-state index in [1.165, 1.54) is 231 Å². The van der Waals surface area contributed by atoms with Crippen molar-refractivity contribution in [2.75, 3.05) is 6.61 Å². The molecule has 5 nitrogen and oxygen atoms in total. The Labute approximate surface area is 345 Å². The van der Waals surface area contributed by atoms with Gasteiger partial charge in [0.1, 0.15) is 6.10 Å². The first kappa shape index (κ1) is 54.3. The second-order valence-electron chi connectivity index (χ2n) is 17.7. The molecular formula is C50H101NO4. The zero-order valence-electron chi connectivity index (χ0n) is 37.6. The average Bonchev–Trinajstić information content (AvgIpc) is 3.19. The van der Waals surface area contributed by atoms with Crippen molar-refractivity contribution in [2.45, 2.75) is 308 Å². The molecule has 0 aliphatic rings. The fourth-order valence-electron chi connectivity index (χ4n) is 8.28. The highest BCUT2D eigenvalue weighted by molar-refractivity contribution is 5.76. The van der Waals surface area contributed by atoms with E-state index in [1.54, 1.807) is 0 Å². The van der Waals surface area contributed by atoms with Crippen molar-refractivity contribution < 1.29 is 20.1 Å². The number of hydrogen-bond donors (Lipinski definition) is 4. The molecule has 0 bridgehead atoms. The van der Waals surface area contributed by atoms with Gasteiger partial charge in [-0.3, -0.25) is 4.79 Å². The van der Waals surface area contributed by atoms with Gasteiger partial charge in [0.15, 0.2) is 0 Å². The van der Waals surface area contributed by atoms with Crippen molar-refractivity contribution in [3.05, 3.63) is 0 Å². The number of hydrogen-bond acceptors (Lipinski definition) is 4. The number of carbonyl (C=O) groups is 1. The SMILES string of the molecule is CCCCCCCCCCCCCCCCCCCCCCCCCCCCCC(=O)NC(CO)C(O)C(O)CCCCCCCCCCCCCCCC. The summed E-state index contributed by atoms with van der Waals surface area (Å²) in [6.07, 6.45) is 53.8. The summed E-state index contributed by atoms with van der Waals surface area (Å²) in [5.41, 5.74) is 0. The molecule has 0 spiro atoms. The molecule has 1 amide bonds. The average molecular weight is 780 g/mol. The predicted molar refractivity (Wildman–Crippen MR) is 241 cm³/mol. The van der Waals surface area contributed by atoms with Crippen LogP contribution in [-0.4, -0.2) is 46.1 Å². The molecule has 0 saturated heterocycles. The summed E-state index contributed by atoms with van der Waals surface area (Å²) >= 11 is 0. The molecule has 0 aliphatic carbocycles. The molecule has 3 atom stereocenters. The third-order valence-corrected chi connectivity index (χ3v) is 12.2. The lowest BCUT2D eigenvalue weighted by Gasteiger charge is -2.26. The van der Waals surface area contributed by atoms with E-state index in [0.29, 0.717) is 12.8 Å². The van der Waals surface area contributed by atoms with Gasteiger partial charge < -0.3 is 20.6 Å². The molecule has 0 aromatic carbocycles. The van der Waals surface area contributed by atoms with Crippen LogP contribution in [0.2, 0.25) is 0 Å². The summed E-state index contributed by atoms with van der Waals surface area (Å²) in [6, 6.07) is -0.803. The lowest BCUT2D eigenvalue weighted by molar-refractivity contribution is -0.124. The van der Waals surface area contributed by atoms with E-state index < -0.39 is 18.2 Å². The molecule has 3 unspecified atom stereocenters. The van der Waals surface area contributed by atoms with Crippen LogP contribution >= 0.6 is 0 Å². The molecule has 0 aromatic heterocycles. The summed E-state index contributed by atoms with van der Waals surface area (Å²) in [6.45, 7) is 4.21. The van der Waals surface area contributed by atoms with Gasteiger partial charge in [0, 0.05) is 6.42 Å². The summed E-state index contributed by atoms with van der Waals surface area (Å²) in [7, 11) is 0.